The van der Waals surface area contributed by atoms with Crippen LogP contribution in [0.3, 0.4) is 0 Å². The summed E-state index contributed by atoms with van der Waals surface area (Å²) in [5.41, 5.74) is 0.734. The molecule has 2 rings (SSSR count). The van der Waals surface area contributed by atoms with E-state index in [4.69, 9.17) is 4.74 Å². The second-order valence-electron chi connectivity index (χ2n) is 5.72. The van der Waals surface area contributed by atoms with E-state index in [-0.39, 0.29) is 5.59 Å². The second kappa shape index (κ2) is 4.96. The average molecular weight is 275 g/mol. The van der Waals surface area contributed by atoms with Crippen LogP contribution in [0.5, 0.6) is 0 Å². The van der Waals surface area contributed by atoms with Crippen molar-refractivity contribution in [2.24, 2.45) is 0 Å². The van der Waals surface area contributed by atoms with Crippen LogP contribution >= 0.6 is 0 Å². The van der Waals surface area contributed by atoms with Crippen molar-refractivity contribution in [2.75, 3.05) is 0 Å². The van der Waals surface area contributed by atoms with Crippen molar-refractivity contribution in [3.63, 3.8) is 0 Å². The summed E-state index contributed by atoms with van der Waals surface area (Å²) in [5.74, 6) is 0. The van der Waals surface area contributed by atoms with E-state index in [9.17, 15) is 14.8 Å². The molecule has 5 nitrogen and oxygen atoms in total. The van der Waals surface area contributed by atoms with Gasteiger partial charge in [-0.05, 0) is 39.3 Å². The Labute approximate surface area is 117 Å². The molecule has 0 aliphatic carbocycles. The lowest BCUT2D eigenvalue weighted by molar-refractivity contribution is 0.0547. The molecule has 0 aliphatic heterocycles. The van der Waals surface area contributed by atoms with E-state index in [1.54, 1.807) is 39.8 Å². The van der Waals surface area contributed by atoms with Gasteiger partial charge < -0.3 is 14.8 Å². The van der Waals surface area contributed by atoms with Crippen LogP contribution in [0.25, 0.3) is 10.9 Å². The van der Waals surface area contributed by atoms with Gasteiger partial charge in [0.15, 0.2) is 0 Å². The van der Waals surface area contributed by atoms with Crippen LogP contribution in [0.2, 0.25) is 0 Å². The van der Waals surface area contributed by atoms with Gasteiger partial charge in [-0.3, -0.25) is 4.57 Å². The van der Waals surface area contributed by atoms with Gasteiger partial charge in [-0.25, -0.2) is 4.79 Å². The molecule has 0 saturated heterocycles. The van der Waals surface area contributed by atoms with Gasteiger partial charge in [0.25, 0.3) is 0 Å². The minimum Gasteiger partial charge on any atom is -0.443 e. The third kappa shape index (κ3) is 2.57. The smallest absolute Gasteiger partial charge is 0.443 e. The van der Waals surface area contributed by atoms with Crippen LogP contribution in [-0.4, -0.2) is 33.4 Å². The molecule has 2 N–H and O–H groups in total. The van der Waals surface area contributed by atoms with E-state index in [0.29, 0.717) is 11.1 Å². The molecule has 2 aromatic rings. The number of carbonyl (C=O) groups is 1. The first-order valence-electron chi connectivity index (χ1n) is 6.42. The number of hydrogen-bond donors (Lipinski definition) is 2. The quantitative estimate of drug-likeness (QED) is 0.772. The molecule has 0 atom stereocenters. The Morgan fingerprint density at radius 3 is 2.40 bits per heavy atom. The van der Waals surface area contributed by atoms with E-state index in [1.807, 2.05) is 12.1 Å². The van der Waals surface area contributed by atoms with Gasteiger partial charge in [0, 0.05) is 5.39 Å². The summed E-state index contributed by atoms with van der Waals surface area (Å²) in [6, 6.07) is 7.20. The molecular weight excluding hydrogens is 257 g/mol. The zero-order chi connectivity index (χ0) is 15.1. The molecule has 0 bridgehead atoms. The number of carbonyl (C=O) groups excluding carboxylic acids is 1. The number of para-hydroxylation sites is 1. The summed E-state index contributed by atoms with van der Waals surface area (Å²) < 4.78 is 6.56. The summed E-state index contributed by atoms with van der Waals surface area (Å²) in [5, 5.41) is 19.9. The highest BCUT2D eigenvalue weighted by atomic mass is 16.6. The zero-order valence-electron chi connectivity index (χ0n) is 12.0. The molecule has 0 fully saturated rings. The molecule has 0 amide bonds. The number of fused-ring (bicyclic) bond motifs is 1. The molecule has 1 aromatic carbocycles. The van der Waals surface area contributed by atoms with Crippen molar-refractivity contribution in [1.29, 1.82) is 0 Å². The van der Waals surface area contributed by atoms with Gasteiger partial charge in [-0.2, -0.15) is 0 Å². The molecule has 0 saturated carbocycles. The Hall–Kier alpha value is -1.79. The Morgan fingerprint density at radius 1 is 1.25 bits per heavy atom. The zero-order valence-corrected chi connectivity index (χ0v) is 12.0. The topological polar surface area (TPSA) is 71.7 Å². The van der Waals surface area contributed by atoms with Crippen molar-refractivity contribution in [3.05, 3.63) is 29.8 Å². The van der Waals surface area contributed by atoms with Gasteiger partial charge in [0.1, 0.15) is 5.60 Å². The highest BCUT2D eigenvalue weighted by Crippen LogP contribution is 2.20. The first kappa shape index (κ1) is 14.6. The standard InChI is InChI=1S/C14H18BNO4/c1-9-10-7-5-6-8-11(10)16(12(9)15(18)19)13(17)20-14(2,3)4/h5-8,18-19H,1-4H3. The van der Waals surface area contributed by atoms with E-state index >= 15 is 0 Å². The second-order valence-corrected chi connectivity index (χ2v) is 5.72. The molecule has 0 aliphatic rings. The van der Waals surface area contributed by atoms with E-state index < -0.39 is 18.8 Å². The van der Waals surface area contributed by atoms with Crippen molar-refractivity contribution in [2.45, 2.75) is 33.3 Å². The largest absolute Gasteiger partial charge is 0.506 e. The molecule has 0 radical (unpaired) electrons. The Kier molecular flexibility index (Phi) is 3.62. The number of hydrogen-bond acceptors (Lipinski definition) is 4. The summed E-state index contributed by atoms with van der Waals surface area (Å²) in [6.45, 7) is 7.04. The van der Waals surface area contributed by atoms with E-state index in [1.165, 1.54) is 4.57 Å². The number of aromatic nitrogens is 1. The van der Waals surface area contributed by atoms with Crippen molar-refractivity contribution in [1.82, 2.24) is 4.57 Å². The summed E-state index contributed by atoms with van der Waals surface area (Å²) in [6.07, 6.45) is -0.620. The predicted octanol–water partition coefficient (Wildman–Crippen LogP) is 1.41. The van der Waals surface area contributed by atoms with Gasteiger partial charge in [-0.15, -0.1) is 0 Å². The fourth-order valence-corrected chi connectivity index (χ4v) is 2.23. The number of aryl methyl sites for hydroxylation is 1. The maximum absolute atomic E-state index is 12.3. The normalized spacial score (nSPS) is 11.7. The van der Waals surface area contributed by atoms with Crippen LogP contribution in [0.15, 0.2) is 24.3 Å². The lowest BCUT2D eigenvalue weighted by atomic mass is 9.83. The van der Waals surface area contributed by atoms with Crippen LogP contribution < -0.4 is 5.59 Å². The number of rotatable bonds is 1. The first-order chi connectivity index (χ1) is 9.22. The van der Waals surface area contributed by atoms with Crippen LogP contribution in [-0.2, 0) is 4.74 Å². The lowest BCUT2D eigenvalue weighted by Crippen LogP contribution is -2.42. The molecule has 1 aromatic heterocycles. The third-order valence-corrected chi connectivity index (χ3v) is 2.99. The molecule has 20 heavy (non-hydrogen) atoms. The fraction of sp³-hybridized carbons (Fsp3) is 0.357. The SMILES string of the molecule is Cc1c(B(O)O)n(C(=O)OC(C)(C)C)c2ccccc12. The average Bonchev–Trinajstić information content (AvgIpc) is 2.61. The van der Waals surface area contributed by atoms with Crippen LogP contribution in [0, 0.1) is 6.92 Å². The van der Waals surface area contributed by atoms with Gasteiger partial charge in [-0.1, -0.05) is 18.2 Å². The summed E-state index contributed by atoms with van der Waals surface area (Å²) in [4.78, 5) is 12.3. The minimum atomic E-state index is -1.74. The molecular formula is C14H18BNO4. The highest BCUT2D eigenvalue weighted by molar-refractivity contribution is 6.59. The summed E-state index contributed by atoms with van der Waals surface area (Å²) in [7, 11) is -1.74. The lowest BCUT2D eigenvalue weighted by Gasteiger charge is -2.21. The number of benzene rings is 1. The monoisotopic (exact) mass is 275 g/mol. The Morgan fingerprint density at radius 2 is 1.85 bits per heavy atom. The minimum absolute atomic E-state index is 0.139. The Balaban J connectivity index is 2.67. The summed E-state index contributed by atoms with van der Waals surface area (Å²) >= 11 is 0. The molecule has 106 valence electrons. The van der Waals surface area contributed by atoms with Crippen molar-refractivity contribution < 1.29 is 19.6 Å². The van der Waals surface area contributed by atoms with E-state index in [0.717, 1.165) is 5.39 Å². The predicted molar refractivity (Wildman–Crippen MR) is 78.1 cm³/mol. The van der Waals surface area contributed by atoms with Gasteiger partial charge in [0.05, 0.1) is 11.1 Å². The van der Waals surface area contributed by atoms with Crippen molar-refractivity contribution >= 4 is 29.7 Å². The molecule has 1 heterocycles. The Bertz CT molecular complexity index is 655. The van der Waals surface area contributed by atoms with Crippen LogP contribution in [0.1, 0.15) is 26.3 Å². The van der Waals surface area contributed by atoms with Gasteiger partial charge in [0.2, 0.25) is 0 Å². The highest BCUT2D eigenvalue weighted by Gasteiger charge is 2.29. The molecule has 0 spiro atoms. The van der Waals surface area contributed by atoms with E-state index in [2.05, 4.69) is 0 Å². The first-order valence-corrected chi connectivity index (χ1v) is 6.42. The third-order valence-electron chi connectivity index (χ3n) is 2.99. The maximum Gasteiger partial charge on any atom is 0.506 e. The van der Waals surface area contributed by atoms with Gasteiger partial charge >= 0.3 is 13.2 Å². The number of ether oxygens (including phenoxy) is 1. The number of nitrogens with zero attached hydrogens (tertiary/aromatic N) is 1. The molecule has 0 unspecified atom stereocenters. The fourth-order valence-electron chi connectivity index (χ4n) is 2.23. The van der Waals surface area contributed by atoms with Crippen molar-refractivity contribution in [3.8, 4) is 0 Å². The van der Waals surface area contributed by atoms with Crippen LogP contribution in [0.4, 0.5) is 4.79 Å². The maximum atomic E-state index is 12.3. The molecule has 6 heteroatoms.